The van der Waals surface area contributed by atoms with Crippen LogP contribution in [0.3, 0.4) is 0 Å². The number of amides is 1. The van der Waals surface area contributed by atoms with Gasteiger partial charge in [-0.05, 0) is 39.1 Å². The van der Waals surface area contributed by atoms with E-state index in [-0.39, 0.29) is 11.9 Å². The number of nitrogens with zero attached hydrogens (tertiary/aromatic N) is 1. The van der Waals surface area contributed by atoms with E-state index in [1.54, 1.807) is 0 Å². The van der Waals surface area contributed by atoms with E-state index in [4.69, 9.17) is 0 Å². The first-order valence-electron chi connectivity index (χ1n) is 7.48. The topological polar surface area (TPSA) is 44.4 Å². The van der Waals surface area contributed by atoms with Gasteiger partial charge in [-0.2, -0.15) is 0 Å². The molecular weight excluding hydrogens is 250 g/mol. The summed E-state index contributed by atoms with van der Waals surface area (Å²) in [6.07, 6.45) is 0. The van der Waals surface area contributed by atoms with Crippen molar-refractivity contribution in [2.45, 2.75) is 33.7 Å². The van der Waals surface area contributed by atoms with Crippen LogP contribution in [0.15, 0.2) is 24.3 Å². The molecule has 0 fully saturated rings. The van der Waals surface area contributed by atoms with Gasteiger partial charge in [0, 0.05) is 24.8 Å². The maximum absolute atomic E-state index is 12.3. The number of carbonyl (C=O) groups is 1. The highest BCUT2D eigenvalue weighted by Crippen LogP contribution is 2.14. The predicted molar refractivity (Wildman–Crippen MR) is 85.3 cm³/mol. The van der Waals surface area contributed by atoms with Crippen LogP contribution in [0.2, 0.25) is 0 Å². The zero-order valence-corrected chi connectivity index (χ0v) is 13.1. The van der Waals surface area contributed by atoms with Crippen LogP contribution in [0.25, 0.3) is 0 Å². The average Bonchev–Trinajstić information content (AvgIpc) is 2.45. The molecule has 0 aliphatic rings. The minimum absolute atomic E-state index is 0.0128. The monoisotopic (exact) mass is 277 g/mol. The maximum Gasteiger partial charge on any atom is 0.253 e. The molecule has 0 heterocycles. The van der Waals surface area contributed by atoms with Crippen LogP contribution >= 0.6 is 0 Å². The molecule has 1 amide bonds. The van der Waals surface area contributed by atoms with Gasteiger partial charge < -0.3 is 15.5 Å². The van der Waals surface area contributed by atoms with Gasteiger partial charge in [0.15, 0.2) is 0 Å². The number of rotatable bonds is 8. The third-order valence-electron chi connectivity index (χ3n) is 3.34. The first-order chi connectivity index (χ1) is 9.62. The Bertz CT molecular complexity index is 416. The molecule has 1 aromatic rings. The minimum atomic E-state index is -0.0128. The summed E-state index contributed by atoms with van der Waals surface area (Å²) in [7, 11) is 0. The number of para-hydroxylation sites is 1. The van der Waals surface area contributed by atoms with E-state index in [2.05, 4.69) is 29.4 Å². The van der Waals surface area contributed by atoms with Crippen LogP contribution in [0, 0.1) is 0 Å². The van der Waals surface area contributed by atoms with Gasteiger partial charge in [0.25, 0.3) is 5.91 Å². The second kappa shape index (κ2) is 8.59. The molecule has 4 nitrogen and oxygen atoms in total. The third-order valence-corrected chi connectivity index (χ3v) is 3.34. The molecule has 0 aliphatic carbocycles. The number of carbonyl (C=O) groups excluding carboxylic acids is 1. The molecule has 0 saturated heterocycles. The largest absolute Gasteiger partial charge is 0.385 e. The van der Waals surface area contributed by atoms with Crippen molar-refractivity contribution >= 4 is 11.6 Å². The highest BCUT2D eigenvalue weighted by molar-refractivity contribution is 5.99. The third kappa shape index (κ3) is 4.85. The second-order valence-corrected chi connectivity index (χ2v) is 4.94. The Hall–Kier alpha value is -1.55. The number of hydrogen-bond acceptors (Lipinski definition) is 3. The molecule has 2 N–H and O–H groups in total. The molecule has 0 aromatic heterocycles. The van der Waals surface area contributed by atoms with E-state index in [0.717, 1.165) is 31.9 Å². The zero-order chi connectivity index (χ0) is 15.0. The molecule has 1 aromatic carbocycles. The van der Waals surface area contributed by atoms with Gasteiger partial charge in [0.05, 0.1) is 5.56 Å². The second-order valence-electron chi connectivity index (χ2n) is 4.94. The zero-order valence-electron chi connectivity index (χ0n) is 13.1. The van der Waals surface area contributed by atoms with Crippen molar-refractivity contribution in [1.29, 1.82) is 0 Å². The van der Waals surface area contributed by atoms with Gasteiger partial charge in [-0.15, -0.1) is 0 Å². The van der Waals surface area contributed by atoms with Gasteiger partial charge in [0.1, 0.15) is 0 Å². The molecule has 1 atom stereocenters. The van der Waals surface area contributed by atoms with E-state index in [1.807, 2.05) is 38.1 Å². The summed E-state index contributed by atoms with van der Waals surface area (Å²) in [4.78, 5) is 14.6. The number of nitrogens with one attached hydrogen (secondary N) is 2. The lowest BCUT2D eigenvalue weighted by molar-refractivity contribution is 0.0931. The van der Waals surface area contributed by atoms with Gasteiger partial charge in [0.2, 0.25) is 0 Å². The number of anilines is 1. The van der Waals surface area contributed by atoms with E-state index in [9.17, 15) is 4.79 Å². The van der Waals surface area contributed by atoms with Crippen molar-refractivity contribution < 1.29 is 4.79 Å². The van der Waals surface area contributed by atoms with E-state index in [1.165, 1.54) is 0 Å². The van der Waals surface area contributed by atoms with E-state index >= 15 is 0 Å². The normalized spacial score (nSPS) is 12.2. The lowest BCUT2D eigenvalue weighted by Gasteiger charge is -2.23. The highest BCUT2D eigenvalue weighted by Gasteiger charge is 2.14. The molecule has 20 heavy (non-hydrogen) atoms. The summed E-state index contributed by atoms with van der Waals surface area (Å²) >= 11 is 0. The summed E-state index contributed by atoms with van der Waals surface area (Å²) in [6.45, 7) is 12.0. The van der Waals surface area contributed by atoms with Gasteiger partial charge in [-0.25, -0.2) is 0 Å². The molecule has 1 unspecified atom stereocenters. The summed E-state index contributed by atoms with van der Waals surface area (Å²) in [5.74, 6) is -0.0128. The molecule has 0 aliphatic heterocycles. The fourth-order valence-electron chi connectivity index (χ4n) is 2.24. The fourth-order valence-corrected chi connectivity index (χ4v) is 2.24. The number of benzene rings is 1. The van der Waals surface area contributed by atoms with Crippen molar-refractivity contribution in [3.63, 3.8) is 0 Å². The lowest BCUT2D eigenvalue weighted by Crippen LogP contribution is -2.42. The quantitative estimate of drug-likeness (QED) is 0.767. The smallest absolute Gasteiger partial charge is 0.253 e. The summed E-state index contributed by atoms with van der Waals surface area (Å²) in [6, 6.07) is 7.76. The highest BCUT2D eigenvalue weighted by atomic mass is 16.1. The Morgan fingerprint density at radius 1 is 1.20 bits per heavy atom. The predicted octanol–water partition coefficient (Wildman–Crippen LogP) is 2.58. The van der Waals surface area contributed by atoms with Crippen molar-refractivity contribution in [3.8, 4) is 0 Å². The van der Waals surface area contributed by atoms with Crippen molar-refractivity contribution in [2.24, 2.45) is 0 Å². The van der Waals surface area contributed by atoms with Crippen LogP contribution < -0.4 is 10.6 Å². The van der Waals surface area contributed by atoms with E-state index < -0.39 is 0 Å². The van der Waals surface area contributed by atoms with Gasteiger partial charge in [-0.1, -0.05) is 26.0 Å². The van der Waals surface area contributed by atoms with Gasteiger partial charge in [-0.3, -0.25) is 4.79 Å². The molecule has 112 valence electrons. The SMILES string of the molecule is CCNc1ccccc1C(=O)NC(C)CN(CC)CC. The van der Waals surface area contributed by atoms with Crippen LogP contribution in [0.4, 0.5) is 5.69 Å². The molecule has 0 saturated carbocycles. The molecule has 0 spiro atoms. The summed E-state index contributed by atoms with van der Waals surface area (Å²) < 4.78 is 0. The summed E-state index contributed by atoms with van der Waals surface area (Å²) in [5.41, 5.74) is 1.60. The molecule has 0 bridgehead atoms. The summed E-state index contributed by atoms with van der Waals surface area (Å²) in [5, 5.41) is 6.30. The Morgan fingerprint density at radius 2 is 1.85 bits per heavy atom. The van der Waals surface area contributed by atoms with Crippen LogP contribution in [0.1, 0.15) is 38.1 Å². The Kier molecular flexibility index (Phi) is 7.09. The Labute approximate surface area is 122 Å². The van der Waals surface area contributed by atoms with Crippen LogP contribution in [0.5, 0.6) is 0 Å². The molecule has 1 rings (SSSR count). The number of likely N-dealkylation sites (N-methyl/N-ethyl adjacent to an activating group) is 1. The molecule has 0 radical (unpaired) electrons. The minimum Gasteiger partial charge on any atom is -0.385 e. The Balaban J connectivity index is 2.66. The van der Waals surface area contributed by atoms with Crippen LogP contribution in [-0.4, -0.2) is 43.0 Å². The fraction of sp³-hybridized carbons (Fsp3) is 0.562. The van der Waals surface area contributed by atoms with E-state index in [0.29, 0.717) is 5.56 Å². The average molecular weight is 277 g/mol. The first-order valence-corrected chi connectivity index (χ1v) is 7.48. The Morgan fingerprint density at radius 3 is 2.45 bits per heavy atom. The van der Waals surface area contributed by atoms with Crippen molar-refractivity contribution in [1.82, 2.24) is 10.2 Å². The van der Waals surface area contributed by atoms with Crippen LogP contribution in [-0.2, 0) is 0 Å². The number of hydrogen-bond donors (Lipinski definition) is 2. The maximum atomic E-state index is 12.3. The standard InChI is InChI=1S/C16H27N3O/c1-5-17-15-11-9-8-10-14(15)16(20)18-13(4)12-19(6-2)7-3/h8-11,13,17H,5-7,12H2,1-4H3,(H,18,20). The van der Waals surface area contributed by atoms with Crippen molar-refractivity contribution in [3.05, 3.63) is 29.8 Å². The first kappa shape index (κ1) is 16.5. The van der Waals surface area contributed by atoms with Gasteiger partial charge >= 0.3 is 0 Å². The molecular formula is C16H27N3O. The molecule has 4 heteroatoms. The lowest BCUT2D eigenvalue weighted by atomic mass is 10.1. The van der Waals surface area contributed by atoms with Crippen molar-refractivity contribution in [2.75, 3.05) is 31.5 Å².